The van der Waals surface area contributed by atoms with E-state index in [-0.39, 0.29) is 0 Å². The average molecular weight is 208 g/mol. The van der Waals surface area contributed by atoms with Crippen LogP contribution in [0.2, 0.25) is 0 Å². The molecular formula is C11H20N4. The number of piperidine rings is 1. The van der Waals surface area contributed by atoms with Gasteiger partial charge in [0, 0.05) is 19.8 Å². The first-order valence-corrected chi connectivity index (χ1v) is 5.78. The number of nitrogens with zero attached hydrogens (tertiary/aromatic N) is 2. The zero-order valence-corrected chi connectivity index (χ0v) is 9.37. The van der Waals surface area contributed by atoms with Crippen LogP contribution in [0, 0.1) is 5.92 Å². The standard InChI is InChI=1S/C11H20N4/c1-15-9-11(8-14-15)13-6-4-10-3-2-5-12-7-10/h8-10,12-13H,2-7H2,1H3. The van der Waals surface area contributed by atoms with Crippen LogP contribution in [0.15, 0.2) is 12.4 Å². The molecule has 1 fully saturated rings. The molecule has 0 aliphatic carbocycles. The van der Waals surface area contributed by atoms with Crippen molar-refractivity contribution in [1.29, 1.82) is 0 Å². The Bertz CT molecular complexity index is 289. The largest absolute Gasteiger partial charge is 0.382 e. The summed E-state index contributed by atoms with van der Waals surface area (Å²) in [6, 6.07) is 0. The van der Waals surface area contributed by atoms with E-state index in [0.717, 1.165) is 18.2 Å². The van der Waals surface area contributed by atoms with Gasteiger partial charge in [-0.3, -0.25) is 4.68 Å². The molecule has 2 N–H and O–H groups in total. The topological polar surface area (TPSA) is 41.9 Å². The minimum atomic E-state index is 0.850. The summed E-state index contributed by atoms with van der Waals surface area (Å²) in [6.45, 7) is 3.44. The number of rotatable bonds is 4. The van der Waals surface area contributed by atoms with E-state index >= 15 is 0 Å². The van der Waals surface area contributed by atoms with Crippen molar-refractivity contribution in [3.63, 3.8) is 0 Å². The van der Waals surface area contributed by atoms with Crippen molar-refractivity contribution in [3.8, 4) is 0 Å². The highest BCUT2D eigenvalue weighted by molar-refractivity contribution is 5.37. The third-order valence-corrected chi connectivity index (χ3v) is 2.99. The summed E-state index contributed by atoms with van der Waals surface area (Å²) in [7, 11) is 1.94. The van der Waals surface area contributed by atoms with E-state index in [0.29, 0.717) is 0 Å². The molecule has 1 saturated heterocycles. The third kappa shape index (κ3) is 3.23. The average Bonchev–Trinajstić information content (AvgIpc) is 2.66. The smallest absolute Gasteiger partial charge is 0.0726 e. The van der Waals surface area contributed by atoms with Crippen LogP contribution in [-0.4, -0.2) is 29.4 Å². The number of aromatic nitrogens is 2. The number of anilines is 1. The van der Waals surface area contributed by atoms with Crippen LogP contribution in [0.1, 0.15) is 19.3 Å². The van der Waals surface area contributed by atoms with Crippen molar-refractivity contribution in [2.24, 2.45) is 13.0 Å². The Balaban J connectivity index is 1.65. The molecule has 0 aromatic carbocycles. The molecule has 1 aliphatic rings. The van der Waals surface area contributed by atoms with Crippen LogP contribution in [0.3, 0.4) is 0 Å². The highest BCUT2D eigenvalue weighted by atomic mass is 15.3. The van der Waals surface area contributed by atoms with E-state index in [1.807, 2.05) is 24.1 Å². The molecule has 0 saturated carbocycles. The van der Waals surface area contributed by atoms with Crippen molar-refractivity contribution in [2.45, 2.75) is 19.3 Å². The zero-order valence-electron chi connectivity index (χ0n) is 9.37. The number of hydrogen-bond acceptors (Lipinski definition) is 3. The van der Waals surface area contributed by atoms with Crippen LogP contribution in [0.5, 0.6) is 0 Å². The van der Waals surface area contributed by atoms with E-state index in [1.165, 1.54) is 32.4 Å². The van der Waals surface area contributed by atoms with Crippen LogP contribution < -0.4 is 10.6 Å². The van der Waals surface area contributed by atoms with Crippen LogP contribution >= 0.6 is 0 Å². The van der Waals surface area contributed by atoms with Gasteiger partial charge < -0.3 is 10.6 Å². The first kappa shape index (κ1) is 10.5. The lowest BCUT2D eigenvalue weighted by molar-refractivity contribution is 0.364. The second-order valence-electron chi connectivity index (χ2n) is 4.33. The molecule has 4 heteroatoms. The second kappa shape index (κ2) is 5.16. The lowest BCUT2D eigenvalue weighted by Gasteiger charge is -2.22. The Labute approximate surface area is 91.1 Å². The normalized spacial score (nSPS) is 21.5. The first-order valence-electron chi connectivity index (χ1n) is 5.78. The van der Waals surface area contributed by atoms with Gasteiger partial charge in [-0.05, 0) is 38.3 Å². The van der Waals surface area contributed by atoms with E-state index in [9.17, 15) is 0 Å². The Morgan fingerprint density at radius 3 is 3.27 bits per heavy atom. The van der Waals surface area contributed by atoms with Gasteiger partial charge in [-0.2, -0.15) is 5.10 Å². The maximum absolute atomic E-state index is 4.12. The minimum absolute atomic E-state index is 0.850. The summed E-state index contributed by atoms with van der Waals surface area (Å²) in [6.07, 6.45) is 7.85. The molecule has 2 heterocycles. The van der Waals surface area contributed by atoms with Gasteiger partial charge in [0.25, 0.3) is 0 Å². The second-order valence-corrected chi connectivity index (χ2v) is 4.33. The molecule has 15 heavy (non-hydrogen) atoms. The molecule has 1 aliphatic heterocycles. The molecule has 0 spiro atoms. The summed E-state index contributed by atoms with van der Waals surface area (Å²) in [5, 5.41) is 11.0. The molecule has 0 amide bonds. The van der Waals surface area contributed by atoms with Gasteiger partial charge in [0.05, 0.1) is 11.9 Å². The van der Waals surface area contributed by atoms with E-state index in [4.69, 9.17) is 0 Å². The van der Waals surface area contributed by atoms with E-state index < -0.39 is 0 Å². The fourth-order valence-electron chi connectivity index (χ4n) is 2.10. The number of hydrogen-bond donors (Lipinski definition) is 2. The van der Waals surface area contributed by atoms with Gasteiger partial charge in [-0.1, -0.05) is 0 Å². The van der Waals surface area contributed by atoms with Gasteiger partial charge in [-0.25, -0.2) is 0 Å². The summed E-state index contributed by atoms with van der Waals surface area (Å²) in [4.78, 5) is 0. The summed E-state index contributed by atoms with van der Waals surface area (Å²) < 4.78 is 1.82. The molecule has 1 aromatic rings. The lowest BCUT2D eigenvalue weighted by atomic mass is 9.96. The summed E-state index contributed by atoms with van der Waals surface area (Å²) in [5.74, 6) is 0.850. The fourth-order valence-corrected chi connectivity index (χ4v) is 2.10. The maximum Gasteiger partial charge on any atom is 0.0726 e. The predicted octanol–water partition coefficient (Wildman–Crippen LogP) is 1.22. The molecule has 2 rings (SSSR count). The lowest BCUT2D eigenvalue weighted by Crippen LogP contribution is -2.30. The van der Waals surface area contributed by atoms with Gasteiger partial charge >= 0.3 is 0 Å². The highest BCUT2D eigenvalue weighted by Gasteiger charge is 2.11. The Hall–Kier alpha value is -1.03. The molecule has 1 aromatic heterocycles. The molecule has 4 nitrogen and oxygen atoms in total. The van der Waals surface area contributed by atoms with E-state index in [1.54, 1.807) is 0 Å². The highest BCUT2D eigenvalue weighted by Crippen LogP contribution is 2.14. The van der Waals surface area contributed by atoms with Crippen molar-refractivity contribution >= 4 is 5.69 Å². The van der Waals surface area contributed by atoms with Crippen LogP contribution in [0.4, 0.5) is 5.69 Å². The van der Waals surface area contributed by atoms with Crippen molar-refractivity contribution < 1.29 is 0 Å². The number of nitrogens with one attached hydrogen (secondary N) is 2. The van der Waals surface area contributed by atoms with Crippen molar-refractivity contribution in [1.82, 2.24) is 15.1 Å². The van der Waals surface area contributed by atoms with Gasteiger partial charge in [0.15, 0.2) is 0 Å². The minimum Gasteiger partial charge on any atom is -0.382 e. The number of aryl methyl sites for hydroxylation is 1. The Morgan fingerprint density at radius 1 is 1.67 bits per heavy atom. The summed E-state index contributed by atoms with van der Waals surface area (Å²) >= 11 is 0. The fraction of sp³-hybridized carbons (Fsp3) is 0.727. The molecule has 0 radical (unpaired) electrons. The van der Waals surface area contributed by atoms with Gasteiger partial charge in [0.1, 0.15) is 0 Å². The SMILES string of the molecule is Cn1cc(NCCC2CCCNC2)cn1. The molecule has 0 bridgehead atoms. The maximum atomic E-state index is 4.12. The first-order chi connectivity index (χ1) is 7.34. The Morgan fingerprint density at radius 2 is 2.60 bits per heavy atom. The van der Waals surface area contributed by atoms with Crippen LogP contribution in [-0.2, 0) is 7.05 Å². The van der Waals surface area contributed by atoms with Crippen LogP contribution in [0.25, 0.3) is 0 Å². The van der Waals surface area contributed by atoms with Crippen molar-refractivity contribution in [3.05, 3.63) is 12.4 Å². The molecular weight excluding hydrogens is 188 g/mol. The third-order valence-electron chi connectivity index (χ3n) is 2.99. The zero-order chi connectivity index (χ0) is 10.5. The van der Waals surface area contributed by atoms with Gasteiger partial charge in [-0.15, -0.1) is 0 Å². The van der Waals surface area contributed by atoms with Crippen molar-refractivity contribution in [2.75, 3.05) is 25.0 Å². The van der Waals surface area contributed by atoms with E-state index in [2.05, 4.69) is 15.7 Å². The summed E-state index contributed by atoms with van der Waals surface area (Å²) in [5.41, 5.74) is 1.13. The molecule has 1 atom stereocenters. The molecule has 84 valence electrons. The quantitative estimate of drug-likeness (QED) is 0.782. The monoisotopic (exact) mass is 208 g/mol. The Kier molecular flexibility index (Phi) is 3.61. The predicted molar refractivity (Wildman–Crippen MR) is 61.9 cm³/mol. The molecule has 1 unspecified atom stereocenters. The van der Waals surface area contributed by atoms with Gasteiger partial charge in [0.2, 0.25) is 0 Å².